The van der Waals surface area contributed by atoms with Gasteiger partial charge < -0.3 is 5.32 Å². The number of nitrogens with one attached hydrogen (secondary N) is 1. The highest BCUT2D eigenvalue weighted by Crippen LogP contribution is 2.35. The number of rotatable bonds is 3. The molecular weight excluding hydrogens is 234 g/mol. The molecular formula is C13H20ClN3. The van der Waals surface area contributed by atoms with Crippen molar-refractivity contribution in [1.82, 2.24) is 9.97 Å². The molecule has 1 N–H and O–H groups in total. The van der Waals surface area contributed by atoms with Crippen LogP contribution in [-0.4, -0.2) is 16.0 Å². The van der Waals surface area contributed by atoms with Crippen LogP contribution in [0.5, 0.6) is 0 Å². The van der Waals surface area contributed by atoms with Crippen molar-refractivity contribution in [2.75, 3.05) is 5.32 Å². The molecule has 1 aromatic heterocycles. The van der Waals surface area contributed by atoms with Crippen molar-refractivity contribution in [2.24, 2.45) is 11.8 Å². The maximum Gasteiger partial charge on any atom is 0.224 e. The molecule has 1 aromatic rings. The Bertz CT molecular complexity index is 394. The fraction of sp³-hybridized carbons (Fsp3) is 0.692. The Balaban J connectivity index is 2.09. The molecule has 3 atom stereocenters. The molecule has 0 bridgehead atoms. The molecule has 2 rings (SSSR count). The summed E-state index contributed by atoms with van der Waals surface area (Å²) in [5.74, 6) is 2.43. The number of hydrogen-bond acceptors (Lipinski definition) is 3. The number of hydrogen-bond donors (Lipinski definition) is 1. The lowest BCUT2D eigenvalue weighted by Gasteiger charge is -2.22. The molecule has 3 nitrogen and oxygen atoms in total. The second kappa shape index (κ2) is 5.21. The number of aromatic nitrogens is 2. The Morgan fingerprint density at radius 1 is 1.47 bits per heavy atom. The van der Waals surface area contributed by atoms with Gasteiger partial charge in [0.1, 0.15) is 5.82 Å². The summed E-state index contributed by atoms with van der Waals surface area (Å²) < 4.78 is 0. The van der Waals surface area contributed by atoms with Gasteiger partial charge in [0, 0.05) is 17.8 Å². The predicted octanol–water partition coefficient (Wildman–Crippen LogP) is 3.68. The number of anilines is 1. The van der Waals surface area contributed by atoms with E-state index in [4.69, 9.17) is 11.6 Å². The van der Waals surface area contributed by atoms with Crippen molar-refractivity contribution in [2.45, 2.75) is 46.1 Å². The van der Waals surface area contributed by atoms with Crippen molar-refractivity contribution < 1.29 is 0 Å². The highest BCUT2D eigenvalue weighted by molar-refractivity contribution is 6.28. The van der Waals surface area contributed by atoms with Crippen LogP contribution in [0.4, 0.5) is 5.82 Å². The lowest BCUT2D eigenvalue weighted by atomic mass is 9.93. The molecule has 0 amide bonds. The molecule has 17 heavy (non-hydrogen) atoms. The highest BCUT2D eigenvalue weighted by atomic mass is 35.5. The fourth-order valence-corrected chi connectivity index (χ4v) is 2.90. The second-order valence-corrected chi connectivity index (χ2v) is 5.36. The van der Waals surface area contributed by atoms with Crippen molar-refractivity contribution in [1.29, 1.82) is 0 Å². The monoisotopic (exact) mass is 253 g/mol. The molecule has 0 aliphatic heterocycles. The first-order valence-corrected chi connectivity index (χ1v) is 6.75. The van der Waals surface area contributed by atoms with Crippen LogP contribution in [0.3, 0.4) is 0 Å². The van der Waals surface area contributed by atoms with E-state index in [9.17, 15) is 0 Å². The van der Waals surface area contributed by atoms with Gasteiger partial charge in [-0.25, -0.2) is 9.97 Å². The van der Waals surface area contributed by atoms with Gasteiger partial charge in [0.15, 0.2) is 0 Å². The number of nitrogens with zero attached hydrogens (tertiary/aromatic N) is 2. The third kappa shape index (κ3) is 2.71. The maximum atomic E-state index is 5.83. The van der Waals surface area contributed by atoms with Crippen molar-refractivity contribution in [3.63, 3.8) is 0 Å². The summed E-state index contributed by atoms with van der Waals surface area (Å²) in [6, 6.07) is 0.518. The molecule has 1 aliphatic rings. The van der Waals surface area contributed by atoms with Gasteiger partial charge in [-0.05, 0) is 43.2 Å². The van der Waals surface area contributed by atoms with E-state index in [1.54, 1.807) is 6.20 Å². The summed E-state index contributed by atoms with van der Waals surface area (Å²) in [7, 11) is 0. The minimum absolute atomic E-state index is 0.316. The Hall–Kier alpha value is -0.830. The van der Waals surface area contributed by atoms with Crippen LogP contribution in [0.2, 0.25) is 5.28 Å². The zero-order valence-electron chi connectivity index (χ0n) is 10.7. The number of halogens is 1. The third-order valence-electron chi connectivity index (χ3n) is 4.02. The van der Waals surface area contributed by atoms with Gasteiger partial charge in [-0.3, -0.25) is 0 Å². The molecule has 1 aliphatic carbocycles. The fourth-order valence-electron chi connectivity index (χ4n) is 2.77. The quantitative estimate of drug-likeness (QED) is 0.836. The van der Waals surface area contributed by atoms with E-state index in [0.717, 1.165) is 17.3 Å². The van der Waals surface area contributed by atoms with E-state index >= 15 is 0 Å². The van der Waals surface area contributed by atoms with E-state index < -0.39 is 0 Å². The second-order valence-electron chi connectivity index (χ2n) is 5.03. The molecule has 0 saturated heterocycles. The zero-order valence-corrected chi connectivity index (χ0v) is 11.5. The van der Waals surface area contributed by atoms with Gasteiger partial charge in [0.25, 0.3) is 0 Å². The first kappa shape index (κ1) is 12.6. The van der Waals surface area contributed by atoms with Gasteiger partial charge in [0.2, 0.25) is 5.28 Å². The largest absolute Gasteiger partial charge is 0.367 e. The van der Waals surface area contributed by atoms with Crippen molar-refractivity contribution in [3.05, 3.63) is 17.0 Å². The van der Waals surface area contributed by atoms with E-state index in [1.165, 1.54) is 19.3 Å². The van der Waals surface area contributed by atoms with Crippen LogP contribution in [-0.2, 0) is 0 Å². The molecule has 1 saturated carbocycles. The average molecular weight is 254 g/mol. The SMILES string of the molecule is CCC1CCC(Nc2nc(Cl)ncc2C)C1C. The Kier molecular flexibility index (Phi) is 3.87. The van der Waals surface area contributed by atoms with Gasteiger partial charge in [0.05, 0.1) is 0 Å². The normalized spacial score (nSPS) is 28.4. The molecule has 0 spiro atoms. The number of aryl methyl sites for hydroxylation is 1. The lowest BCUT2D eigenvalue weighted by Crippen LogP contribution is -2.25. The average Bonchev–Trinajstić information content (AvgIpc) is 2.65. The Morgan fingerprint density at radius 3 is 2.88 bits per heavy atom. The van der Waals surface area contributed by atoms with Gasteiger partial charge in [-0.15, -0.1) is 0 Å². The van der Waals surface area contributed by atoms with E-state index in [-0.39, 0.29) is 0 Å². The van der Waals surface area contributed by atoms with Gasteiger partial charge >= 0.3 is 0 Å². The molecule has 94 valence electrons. The minimum atomic E-state index is 0.316. The van der Waals surface area contributed by atoms with Crippen LogP contribution >= 0.6 is 11.6 Å². The smallest absolute Gasteiger partial charge is 0.224 e. The minimum Gasteiger partial charge on any atom is -0.367 e. The van der Waals surface area contributed by atoms with Crippen LogP contribution in [0.25, 0.3) is 0 Å². The molecule has 1 heterocycles. The predicted molar refractivity (Wildman–Crippen MR) is 71.4 cm³/mol. The van der Waals surface area contributed by atoms with Crippen LogP contribution in [0.1, 0.15) is 38.7 Å². The van der Waals surface area contributed by atoms with Crippen LogP contribution in [0.15, 0.2) is 6.20 Å². The Labute approximate surface area is 108 Å². The summed E-state index contributed by atoms with van der Waals surface area (Å²) in [6.45, 7) is 6.61. The molecule has 0 aromatic carbocycles. The summed E-state index contributed by atoms with van der Waals surface area (Å²) in [5, 5.41) is 3.84. The standard InChI is InChI=1S/C13H20ClN3/c1-4-10-5-6-11(9(10)3)16-12-8(2)7-15-13(14)17-12/h7,9-11H,4-6H2,1-3H3,(H,15,16,17). The Morgan fingerprint density at radius 2 is 2.24 bits per heavy atom. The molecule has 3 unspecified atom stereocenters. The maximum absolute atomic E-state index is 5.83. The first-order chi connectivity index (χ1) is 8.11. The molecule has 1 fully saturated rings. The van der Waals surface area contributed by atoms with Crippen LogP contribution in [0, 0.1) is 18.8 Å². The van der Waals surface area contributed by atoms with Crippen molar-refractivity contribution >= 4 is 17.4 Å². The van der Waals surface area contributed by atoms with Crippen LogP contribution < -0.4 is 5.32 Å². The summed E-state index contributed by atoms with van der Waals surface area (Å²) in [6.07, 6.45) is 5.57. The van der Waals surface area contributed by atoms with Gasteiger partial charge in [-0.2, -0.15) is 0 Å². The molecule has 4 heteroatoms. The third-order valence-corrected chi connectivity index (χ3v) is 4.20. The lowest BCUT2D eigenvalue weighted by molar-refractivity contribution is 0.391. The van der Waals surface area contributed by atoms with E-state index in [0.29, 0.717) is 17.2 Å². The summed E-state index contributed by atoms with van der Waals surface area (Å²) in [5.41, 5.74) is 1.06. The highest BCUT2D eigenvalue weighted by Gasteiger charge is 2.31. The zero-order chi connectivity index (χ0) is 12.4. The van der Waals surface area contributed by atoms with Gasteiger partial charge in [-0.1, -0.05) is 20.3 Å². The van der Waals surface area contributed by atoms with Crippen molar-refractivity contribution in [3.8, 4) is 0 Å². The topological polar surface area (TPSA) is 37.8 Å². The molecule has 0 radical (unpaired) electrons. The van der Waals surface area contributed by atoms with E-state index in [2.05, 4.69) is 29.1 Å². The first-order valence-electron chi connectivity index (χ1n) is 6.37. The van der Waals surface area contributed by atoms with E-state index in [1.807, 2.05) is 6.92 Å². The summed E-state index contributed by atoms with van der Waals surface area (Å²) >= 11 is 5.83. The summed E-state index contributed by atoms with van der Waals surface area (Å²) in [4.78, 5) is 8.24.